The van der Waals surface area contributed by atoms with E-state index in [4.69, 9.17) is 5.11 Å². The fraction of sp³-hybridized carbons (Fsp3) is 0.667. The Hall–Kier alpha value is -0.360. The molecule has 6 heteroatoms. The summed E-state index contributed by atoms with van der Waals surface area (Å²) >= 11 is 2.03. The maximum absolute atomic E-state index is 11.5. The minimum absolute atomic E-state index is 0. The quantitative estimate of drug-likeness (QED) is 0.370. The van der Waals surface area contributed by atoms with Crippen molar-refractivity contribution in [2.24, 2.45) is 0 Å². The second-order valence-electron chi connectivity index (χ2n) is 1.87. The Balaban J connectivity index is -0.0000000212. The molecule has 18 heavy (non-hydrogen) atoms. The molecule has 0 fully saturated rings. The number of alkyl halides is 5. The van der Waals surface area contributed by atoms with Crippen LogP contribution in [0.1, 0.15) is 37.1 Å². The van der Waals surface area contributed by atoms with E-state index < -0.39 is 17.4 Å². The fourth-order valence-corrected chi connectivity index (χ4v) is 0.0645. The molecule has 0 radical (unpaired) electrons. The lowest BCUT2D eigenvalue weighted by Gasteiger charge is -2.03. The summed E-state index contributed by atoms with van der Waals surface area (Å²) in [6, 6.07) is 0. The number of aliphatic hydroxyl groups excluding tert-OH is 1. The Labute approximate surface area is 119 Å². The lowest BCUT2D eigenvalue weighted by Crippen LogP contribution is -2.16. The lowest BCUT2D eigenvalue weighted by atomic mass is 10.4. The SMILES string of the molecule is C.C.C.C.C.C=CC(F)(F)Br.C=CC(F)(F)CO. The molecule has 1 nitrogen and oxygen atoms in total. The van der Waals surface area contributed by atoms with Gasteiger partial charge in [0, 0.05) is 0 Å². The highest BCUT2D eigenvalue weighted by molar-refractivity contribution is 9.10. The molecule has 0 atom stereocenters. The number of halogens is 5. The monoisotopic (exact) mass is 344 g/mol. The van der Waals surface area contributed by atoms with Crippen LogP contribution in [0.5, 0.6) is 0 Å². The standard InChI is InChI=1S/C4H6F2O.C3H3BrF2.5CH4/c1-2-4(5,6)3-7;1-2-3(4,5)6;;;;;/h2,7H,1,3H2;2H,1H2;5*1H4. The van der Waals surface area contributed by atoms with Crippen LogP contribution in [0.2, 0.25) is 0 Å². The van der Waals surface area contributed by atoms with Crippen LogP contribution >= 0.6 is 15.9 Å². The molecule has 0 amide bonds. The Morgan fingerprint density at radius 1 is 0.889 bits per heavy atom. The summed E-state index contributed by atoms with van der Waals surface area (Å²) in [6.45, 7) is 4.47. The third-order valence-corrected chi connectivity index (χ3v) is 1.06. The van der Waals surface area contributed by atoms with Gasteiger partial charge in [-0.3, -0.25) is 0 Å². The van der Waals surface area contributed by atoms with Crippen LogP contribution in [0.3, 0.4) is 0 Å². The average Bonchev–Trinajstić information content (AvgIpc) is 2.04. The maximum Gasteiger partial charge on any atom is 0.319 e. The summed E-state index contributed by atoms with van der Waals surface area (Å²) in [7, 11) is 0. The second kappa shape index (κ2) is 19.0. The summed E-state index contributed by atoms with van der Waals surface area (Å²) in [4.78, 5) is -2.88. The summed E-state index contributed by atoms with van der Waals surface area (Å²) in [5.74, 6) is -3.10. The smallest absolute Gasteiger partial charge is 0.319 e. The van der Waals surface area contributed by atoms with Gasteiger partial charge in [-0.15, -0.1) is 0 Å². The van der Waals surface area contributed by atoms with Crippen LogP contribution in [0, 0.1) is 0 Å². The van der Waals surface area contributed by atoms with E-state index >= 15 is 0 Å². The zero-order valence-corrected chi connectivity index (χ0v) is 8.20. The molecule has 0 aliphatic carbocycles. The number of rotatable bonds is 3. The van der Waals surface area contributed by atoms with Gasteiger partial charge in [0.25, 0.3) is 5.92 Å². The minimum atomic E-state index is -3.10. The van der Waals surface area contributed by atoms with Gasteiger partial charge in [0.2, 0.25) is 0 Å². The van der Waals surface area contributed by atoms with E-state index in [-0.39, 0.29) is 37.1 Å². The largest absolute Gasteiger partial charge is 0.390 e. The molecule has 1 N–H and O–H groups in total. The van der Waals surface area contributed by atoms with Gasteiger partial charge in [-0.25, -0.2) is 0 Å². The topological polar surface area (TPSA) is 20.2 Å². The van der Waals surface area contributed by atoms with E-state index in [9.17, 15) is 17.6 Å². The molecule has 0 rings (SSSR count). The Morgan fingerprint density at radius 2 is 1.11 bits per heavy atom. The molecule has 0 aliphatic heterocycles. The van der Waals surface area contributed by atoms with Crippen LogP contribution in [0.25, 0.3) is 0 Å². The molecule has 0 saturated carbocycles. The highest BCUT2D eigenvalue weighted by atomic mass is 79.9. The van der Waals surface area contributed by atoms with E-state index in [1.165, 1.54) is 0 Å². The molecule has 118 valence electrons. The van der Waals surface area contributed by atoms with Gasteiger partial charge in [-0.1, -0.05) is 50.3 Å². The Kier molecular flexibility index (Phi) is 45.5. The van der Waals surface area contributed by atoms with Crippen LogP contribution in [-0.2, 0) is 0 Å². The molecule has 0 aromatic heterocycles. The Morgan fingerprint density at radius 3 is 1.11 bits per heavy atom. The third kappa shape index (κ3) is 44.9. The van der Waals surface area contributed by atoms with Crippen molar-refractivity contribution in [2.45, 2.75) is 47.9 Å². The molecule has 0 heterocycles. The van der Waals surface area contributed by atoms with Gasteiger partial charge in [-0.05, 0) is 28.1 Å². The van der Waals surface area contributed by atoms with Crippen molar-refractivity contribution in [3.63, 3.8) is 0 Å². The number of hydrogen-bond acceptors (Lipinski definition) is 1. The Bertz CT molecular complexity index is 168. The molecule has 0 unspecified atom stereocenters. The predicted molar refractivity (Wildman–Crippen MR) is 80.0 cm³/mol. The molecular formula is C12H29BrF4O. The first-order valence-electron chi connectivity index (χ1n) is 3.01. The van der Waals surface area contributed by atoms with Crippen molar-refractivity contribution in [2.75, 3.05) is 6.61 Å². The first kappa shape index (κ1) is 43.1. The van der Waals surface area contributed by atoms with Crippen molar-refractivity contribution >= 4 is 15.9 Å². The highest BCUT2D eigenvalue weighted by Gasteiger charge is 2.21. The summed E-state index contributed by atoms with van der Waals surface area (Å²) < 4.78 is 45.5. The average molecular weight is 345 g/mol. The van der Waals surface area contributed by atoms with Crippen LogP contribution < -0.4 is 0 Å². The van der Waals surface area contributed by atoms with E-state index in [0.717, 1.165) is 0 Å². The zero-order valence-electron chi connectivity index (χ0n) is 6.61. The van der Waals surface area contributed by atoms with Crippen molar-refractivity contribution in [3.05, 3.63) is 25.3 Å². The van der Waals surface area contributed by atoms with Gasteiger partial charge in [0.1, 0.15) is 6.61 Å². The van der Waals surface area contributed by atoms with Crippen molar-refractivity contribution in [1.29, 1.82) is 0 Å². The van der Waals surface area contributed by atoms with Crippen molar-refractivity contribution in [3.8, 4) is 0 Å². The molecule has 0 bridgehead atoms. The normalized spacial score (nSPS) is 8.11. The summed E-state index contributed by atoms with van der Waals surface area (Å²) in [5.41, 5.74) is 0. The molecule has 0 aliphatic rings. The van der Waals surface area contributed by atoms with Gasteiger partial charge >= 0.3 is 4.83 Å². The maximum atomic E-state index is 11.5. The van der Waals surface area contributed by atoms with Crippen LogP contribution in [-0.4, -0.2) is 22.5 Å². The lowest BCUT2D eigenvalue weighted by molar-refractivity contribution is -0.00450. The molecule has 0 saturated heterocycles. The van der Waals surface area contributed by atoms with E-state index in [0.29, 0.717) is 12.2 Å². The minimum Gasteiger partial charge on any atom is -0.390 e. The van der Waals surface area contributed by atoms with Crippen LogP contribution in [0.15, 0.2) is 25.3 Å². The number of hydrogen-bond donors (Lipinski definition) is 1. The van der Waals surface area contributed by atoms with Gasteiger partial charge in [-0.2, -0.15) is 17.6 Å². The molecular weight excluding hydrogens is 316 g/mol. The molecule has 0 aromatic carbocycles. The van der Waals surface area contributed by atoms with E-state index in [1.54, 1.807) is 0 Å². The molecule has 0 aromatic rings. The zero-order chi connectivity index (χ0) is 11.1. The van der Waals surface area contributed by atoms with E-state index in [1.807, 2.05) is 15.9 Å². The fourth-order valence-electron chi connectivity index (χ4n) is 0.0645. The predicted octanol–water partition coefficient (Wildman–Crippen LogP) is 6.14. The highest BCUT2D eigenvalue weighted by Crippen LogP contribution is 2.21. The second-order valence-corrected chi connectivity index (χ2v) is 2.93. The van der Waals surface area contributed by atoms with Crippen molar-refractivity contribution < 1.29 is 22.7 Å². The number of aliphatic hydroxyl groups is 1. The first-order valence-corrected chi connectivity index (χ1v) is 3.80. The van der Waals surface area contributed by atoms with Crippen LogP contribution in [0.4, 0.5) is 17.6 Å². The number of allylic oxidation sites excluding steroid dienone is 1. The first-order chi connectivity index (χ1) is 5.68. The van der Waals surface area contributed by atoms with Crippen molar-refractivity contribution in [1.82, 2.24) is 0 Å². The van der Waals surface area contributed by atoms with Gasteiger partial charge in [0.05, 0.1) is 0 Å². The summed E-state index contributed by atoms with van der Waals surface area (Å²) in [5, 5.41) is 7.77. The van der Waals surface area contributed by atoms with Gasteiger partial charge < -0.3 is 5.11 Å². The molecule has 0 spiro atoms. The summed E-state index contributed by atoms with van der Waals surface area (Å²) in [6.07, 6.45) is 0.931. The van der Waals surface area contributed by atoms with Gasteiger partial charge in [0.15, 0.2) is 0 Å². The van der Waals surface area contributed by atoms with E-state index in [2.05, 4.69) is 13.2 Å². The third-order valence-electron chi connectivity index (χ3n) is 0.741.